The van der Waals surface area contributed by atoms with Gasteiger partial charge in [-0.25, -0.2) is 9.07 Å². The average Bonchev–Trinajstić information content (AvgIpc) is 3.60. The fourth-order valence-corrected chi connectivity index (χ4v) is 4.19. The molecular formula is C25H24FN5O4. The van der Waals surface area contributed by atoms with E-state index in [9.17, 15) is 23.9 Å². The van der Waals surface area contributed by atoms with Crippen LogP contribution in [-0.4, -0.2) is 57.1 Å². The fourth-order valence-electron chi connectivity index (χ4n) is 4.19. The molecule has 1 fully saturated rings. The molecule has 1 atom stereocenters. The standard InChI is InChI=1S/C25H24FN5O4/c1-30-13-19(14-5-3-2-4-6-14)31-21(25(30)35)22(32)20(29-31)24(34)27-12-15-7-8-16(26)11-18(15)23(33)28-17-9-10-17/h2-8,11,17,19,32H,9-10,12-13H2,1H3,(H,27,34)(H,28,33)/t19-/m0/s1. The van der Waals surface area contributed by atoms with Crippen LogP contribution in [0.1, 0.15) is 61.3 Å². The third-order valence-corrected chi connectivity index (χ3v) is 6.24. The van der Waals surface area contributed by atoms with Gasteiger partial charge < -0.3 is 20.6 Å². The van der Waals surface area contributed by atoms with Gasteiger partial charge in [0.2, 0.25) is 0 Å². The maximum Gasteiger partial charge on any atom is 0.275 e. The third-order valence-electron chi connectivity index (χ3n) is 6.24. The summed E-state index contributed by atoms with van der Waals surface area (Å²) in [7, 11) is 1.62. The van der Waals surface area contributed by atoms with E-state index in [0.29, 0.717) is 12.1 Å². The lowest BCUT2D eigenvalue weighted by molar-refractivity contribution is 0.0719. The second kappa shape index (κ2) is 8.86. The number of benzene rings is 2. The second-order valence-corrected chi connectivity index (χ2v) is 8.83. The van der Waals surface area contributed by atoms with E-state index >= 15 is 0 Å². The first-order chi connectivity index (χ1) is 16.8. The number of likely N-dealkylation sites (N-methyl/N-ethyl adjacent to an activating group) is 1. The van der Waals surface area contributed by atoms with Crippen molar-refractivity contribution in [2.45, 2.75) is 31.5 Å². The third kappa shape index (κ3) is 4.34. The van der Waals surface area contributed by atoms with Gasteiger partial charge in [0.05, 0.1) is 6.04 Å². The van der Waals surface area contributed by atoms with E-state index in [1.807, 2.05) is 30.3 Å². The second-order valence-electron chi connectivity index (χ2n) is 8.83. The molecule has 3 N–H and O–H groups in total. The van der Waals surface area contributed by atoms with Crippen molar-refractivity contribution in [1.29, 1.82) is 0 Å². The van der Waals surface area contributed by atoms with Crippen molar-refractivity contribution in [1.82, 2.24) is 25.3 Å². The Kier molecular flexibility index (Phi) is 5.72. The number of rotatable bonds is 6. The van der Waals surface area contributed by atoms with Crippen molar-refractivity contribution >= 4 is 17.7 Å². The van der Waals surface area contributed by atoms with Crippen LogP contribution in [-0.2, 0) is 6.54 Å². The number of nitrogens with one attached hydrogen (secondary N) is 2. The molecule has 2 heterocycles. The maximum atomic E-state index is 13.8. The summed E-state index contributed by atoms with van der Waals surface area (Å²) >= 11 is 0. The number of hydrogen-bond donors (Lipinski definition) is 3. The highest BCUT2D eigenvalue weighted by Gasteiger charge is 2.37. The van der Waals surface area contributed by atoms with Crippen molar-refractivity contribution in [2.24, 2.45) is 0 Å². The smallest absolute Gasteiger partial charge is 0.275 e. The minimum atomic E-state index is -0.718. The number of aromatic nitrogens is 2. The zero-order valence-corrected chi connectivity index (χ0v) is 19.0. The quantitative estimate of drug-likeness (QED) is 0.504. The molecule has 0 bridgehead atoms. The Morgan fingerprint density at radius 1 is 1.14 bits per heavy atom. The zero-order chi connectivity index (χ0) is 24.7. The predicted octanol–water partition coefficient (Wildman–Crippen LogP) is 2.23. The highest BCUT2D eigenvalue weighted by atomic mass is 19.1. The van der Waals surface area contributed by atoms with Gasteiger partial charge >= 0.3 is 0 Å². The predicted molar refractivity (Wildman–Crippen MR) is 123 cm³/mol. The Hall–Kier alpha value is -4.21. The molecule has 5 rings (SSSR count). The summed E-state index contributed by atoms with van der Waals surface area (Å²) in [4.78, 5) is 39.7. The van der Waals surface area contributed by atoms with Crippen LogP contribution in [0.3, 0.4) is 0 Å². The molecule has 9 nitrogen and oxygen atoms in total. The minimum absolute atomic E-state index is 0.0657. The van der Waals surface area contributed by atoms with Crippen LogP contribution < -0.4 is 10.6 Å². The van der Waals surface area contributed by atoms with Crippen LogP contribution in [0, 0.1) is 5.82 Å². The Morgan fingerprint density at radius 2 is 1.89 bits per heavy atom. The van der Waals surface area contributed by atoms with Crippen LogP contribution in [0.2, 0.25) is 0 Å². The highest BCUT2D eigenvalue weighted by molar-refractivity contribution is 6.02. The van der Waals surface area contributed by atoms with E-state index in [0.717, 1.165) is 24.5 Å². The molecule has 2 aromatic carbocycles. The number of hydrogen-bond acceptors (Lipinski definition) is 5. The van der Waals surface area contributed by atoms with Gasteiger partial charge in [-0.2, -0.15) is 5.10 Å². The lowest BCUT2D eigenvalue weighted by Gasteiger charge is -2.31. The molecule has 35 heavy (non-hydrogen) atoms. The summed E-state index contributed by atoms with van der Waals surface area (Å²) in [6.07, 6.45) is 1.77. The Bertz CT molecular complexity index is 1320. The molecule has 2 aliphatic rings. The van der Waals surface area contributed by atoms with Crippen LogP contribution in [0.25, 0.3) is 0 Å². The van der Waals surface area contributed by atoms with Crippen molar-refractivity contribution in [3.05, 3.63) is 82.4 Å². The highest BCUT2D eigenvalue weighted by Crippen LogP contribution is 2.33. The molecular weight excluding hydrogens is 453 g/mol. The first-order valence-corrected chi connectivity index (χ1v) is 11.3. The van der Waals surface area contributed by atoms with Crippen molar-refractivity contribution in [2.75, 3.05) is 13.6 Å². The number of aromatic hydroxyl groups is 1. The molecule has 1 aliphatic heterocycles. The van der Waals surface area contributed by atoms with Crippen LogP contribution in [0.15, 0.2) is 48.5 Å². The molecule has 3 aromatic rings. The number of fused-ring (bicyclic) bond motifs is 1. The summed E-state index contributed by atoms with van der Waals surface area (Å²) in [6, 6.07) is 12.9. The molecule has 10 heteroatoms. The number of amides is 3. The molecule has 0 radical (unpaired) electrons. The number of nitrogens with zero attached hydrogens (tertiary/aromatic N) is 3. The van der Waals surface area contributed by atoms with E-state index in [1.165, 1.54) is 21.7 Å². The molecule has 0 saturated heterocycles. The summed E-state index contributed by atoms with van der Waals surface area (Å²) in [5.41, 5.74) is 1.06. The summed E-state index contributed by atoms with van der Waals surface area (Å²) < 4.78 is 15.2. The monoisotopic (exact) mass is 477 g/mol. The summed E-state index contributed by atoms with van der Waals surface area (Å²) in [5, 5.41) is 20.5. The van der Waals surface area contributed by atoms with Gasteiger partial charge in [-0.15, -0.1) is 0 Å². The van der Waals surface area contributed by atoms with Crippen LogP contribution in [0.4, 0.5) is 4.39 Å². The van der Waals surface area contributed by atoms with E-state index < -0.39 is 29.3 Å². The Labute approximate surface area is 200 Å². The van der Waals surface area contributed by atoms with Gasteiger partial charge in [0, 0.05) is 31.7 Å². The van der Waals surface area contributed by atoms with E-state index in [-0.39, 0.29) is 35.6 Å². The van der Waals surface area contributed by atoms with Gasteiger partial charge in [-0.3, -0.25) is 14.4 Å². The largest absolute Gasteiger partial charge is 0.504 e. The van der Waals surface area contributed by atoms with E-state index in [4.69, 9.17) is 0 Å². The first-order valence-electron chi connectivity index (χ1n) is 11.3. The lowest BCUT2D eigenvalue weighted by Crippen LogP contribution is -2.41. The van der Waals surface area contributed by atoms with Crippen molar-refractivity contribution in [3.8, 4) is 5.75 Å². The number of carbonyl (C=O) groups is 3. The summed E-state index contributed by atoms with van der Waals surface area (Å²) in [5.74, 6) is -2.64. The zero-order valence-electron chi connectivity index (χ0n) is 19.0. The molecule has 0 spiro atoms. The van der Waals surface area contributed by atoms with Gasteiger partial charge in [-0.05, 0) is 36.1 Å². The van der Waals surface area contributed by atoms with E-state index in [1.54, 1.807) is 7.05 Å². The van der Waals surface area contributed by atoms with Gasteiger partial charge in [0.25, 0.3) is 17.7 Å². The van der Waals surface area contributed by atoms with Gasteiger partial charge in [0.1, 0.15) is 5.82 Å². The van der Waals surface area contributed by atoms with Crippen LogP contribution in [0.5, 0.6) is 5.75 Å². The van der Waals surface area contributed by atoms with Crippen molar-refractivity contribution in [3.63, 3.8) is 0 Å². The lowest BCUT2D eigenvalue weighted by atomic mass is 10.0. The van der Waals surface area contributed by atoms with Crippen molar-refractivity contribution < 1.29 is 23.9 Å². The Balaban J connectivity index is 1.40. The van der Waals surface area contributed by atoms with Gasteiger partial charge in [-0.1, -0.05) is 36.4 Å². The minimum Gasteiger partial charge on any atom is -0.504 e. The Morgan fingerprint density at radius 3 is 2.60 bits per heavy atom. The molecule has 3 amide bonds. The molecule has 1 aromatic heterocycles. The number of halogens is 1. The maximum absolute atomic E-state index is 13.8. The number of carbonyl (C=O) groups excluding carboxylic acids is 3. The molecule has 0 unspecified atom stereocenters. The van der Waals surface area contributed by atoms with E-state index in [2.05, 4.69) is 15.7 Å². The first kappa shape index (κ1) is 22.6. The fraction of sp³-hybridized carbons (Fsp3) is 0.280. The molecule has 180 valence electrons. The topological polar surface area (TPSA) is 117 Å². The SMILES string of the molecule is CN1C[C@@H](c2ccccc2)n2nc(C(=O)NCc3ccc(F)cc3C(=O)NC3CC3)c(O)c2C1=O. The summed E-state index contributed by atoms with van der Waals surface area (Å²) in [6.45, 7) is 0.233. The average molecular weight is 477 g/mol. The van der Waals surface area contributed by atoms with Gasteiger partial charge in [0.15, 0.2) is 17.1 Å². The molecule has 1 saturated carbocycles. The van der Waals surface area contributed by atoms with Crippen LogP contribution >= 0.6 is 0 Å². The normalized spacial score (nSPS) is 17.1. The molecule has 1 aliphatic carbocycles.